The Labute approximate surface area is 164 Å². The summed E-state index contributed by atoms with van der Waals surface area (Å²) in [5.74, 6) is 1.88. The number of rotatable bonds is 0. The van der Waals surface area contributed by atoms with Crippen molar-refractivity contribution in [3.8, 4) is 23.0 Å². The van der Waals surface area contributed by atoms with Crippen molar-refractivity contribution in [1.82, 2.24) is 29.1 Å². The van der Waals surface area contributed by atoms with Crippen molar-refractivity contribution in [2.45, 2.75) is 38.5 Å². The number of hydrogen-bond donors (Lipinski definition) is 2. The summed E-state index contributed by atoms with van der Waals surface area (Å²) >= 11 is 0. The fourth-order valence-electron chi connectivity index (χ4n) is 4.09. The fraction of sp³-hybridized carbons (Fsp3) is 0.364. The molecule has 4 aromatic rings. The first kappa shape index (κ1) is 17.1. The molecular formula is C22H26N6. The SMILES string of the molecule is Cn1cc2nc1-c1ccc([nH]1)C(C)(C)c1cn(C)c(n1)-c1ccc([nH]1)C2(C)C. The van der Waals surface area contributed by atoms with Crippen molar-refractivity contribution < 1.29 is 0 Å². The highest BCUT2D eigenvalue weighted by molar-refractivity contribution is 5.57. The molecule has 1 aliphatic rings. The van der Waals surface area contributed by atoms with Crippen LogP contribution in [0.5, 0.6) is 0 Å². The van der Waals surface area contributed by atoms with Crippen LogP contribution in [0.1, 0.15) is 50.5 Å². The van der Waals surface area contributed by atoms with Crippen molar-refractivity contribution in [3.63, 3.8) is 0 Å². The van der Waals surface area contributed by atoms with Gasteiger partial charge in [0.15, 0.2) is 11.6 Å². The summed E-state index contributed by atoms with van der Waals surface area (Å²) in [5, 5.41) is 0. The first-order valence-corrected chi connectivity index (χ1v) is 9.65. The van der Waals surface area contributed by atoms with Gasteiger partial charge in [-0.3, -0.25) is 0 Å². The number of nitrogens with one attached hydrogen (secondary N) is 2. The lowest BCUT2D eigenvalue weighted by Gasteiger charge is -2.21. The molecule has 1 aliphatic heterocycles. The van der Waals surface area contributed by atoms with Crippen LogP contribution in [-0.2, 0) is 24.9 Å². The molecule has 0 atom stereocenters. The van der Waals surface area contributed by atoms with Gasteiger partial charge in [-0.15, -0.1) is 0 Å². The second-order valence-corrected chi connectivity index (χ2v) is 8.94. The number of hydrogen-bond acceptors (Lipinski definition) is 2. The molecule has 0 spiro atoms. The molecule has 0 radical (unpaired) electrons. The average molecular weight is 374 g/mol. The van der Waals surface area contributed by atoms with Crippen molar-refractivity contribution in [2.24, 2.45) is 14.1 Å². The van der Waals surface area contributed by atoms with Crippen molar-refractivity contribution >= 4 is 0 Å². The molecule has 0 aromatic carbocycles. The van der Waals surface area contributed by atoms with Crippen molar-refractivity contribution in [3.05, 3.63) is 59.4 Å². The number of aromatic nitrogens is 6. The average Bonchev–Trinajstić information content (AvgIpc) is 3.39. The maximum Gasteiger partial charge on any atom is 0.156 e. The van der Waals surface area contributed by atoms with Gasteiger partial charge in [-0.25, -0.2) is 9.97 Å². The maximum atomic E-state index is 5.00. The summed E-state index contributed by atoms with van der Waals surface area (Å²) in [6, 6.07) is 8.53. The standard InChI is InChI=1S/C22H26N6/c1-21(2)15-9-7-13(23-15)20-26-18(12-28(20)6)22(3,4)16-10-8-14(24-16)19-25-17(21)11-27(19)5/h7-12,23-24H,1-6H3. The zero-order valence-electron chi connectivity index (χ0n) is 17.3. The number of aryl methyl sites for hydroxylation is 2. The van der Waals surface area contributed by atoms with Crippen molar-refractivity contribution in [2.75, 3.05) is 0 Å². The Kier molecular flexibility index (Phi) is 3.22. The van der Waals surface area contributed by atoms with E-state index in [2.05, 4.69) is 97.6 Å². The van der Waals surface area contributed by atoms with E-state index >= 15 is 0 Å². The molecule has 144 valence electrons. The number of H-pyrrole nitrogens is 2. The molecule has 0 amide bonds. The predicted molar refractivity (Wildman–Crippen MR) is 110 cm³/mol. The van der Waals surface area contributed by atoms with Gasteiger partial charge in [0.05, 0.1) is 22.8 Å². The molecule has 0 fully saturated rings. The zero-order valence-corrected chi connectivity index (χ0v) is 17.3. The minimum absolute atomic E-state index is 0.249. The first-order chi connectivity index (χ1) is 13.2. The van der Waals surface area contributed by atoms with Crippen LogP contribution < -0.4 is 0 Å². The summed E-state index contributed by atoms with van der Waals surface area (Å²) in [5.41, 5.74) is 5.86. The molecule has 6 heteroatoms. The van der Waals surface area contributed by atoms with Gasteiger partial charge in [-0.05, 0) is 52.0 Å². The molecule has 0 unspecified atom stereocenters. The highest BCUT2D eigenvalue weighted by Crippen LogP contribution is 2.37. The third-order valence-corrected chi connectivity index (χ3v) is 6.23. The largest absolute Gasteiger partial charge is 0.355 e. The quantitative estimate of drug-likeness (QED) is 0.486. The summed E-state index contributed by atoms with van der Waals surface area (Å²) in [7, 11) is 4.10. The van der Waals surface area contributed by atoms with Crippen LogP contribution in [0.3, 0.4) is 0 Å². The molecule has 0 saturated heterocycles. The zero-order chi connectivity index (χ0) is 19.8. The van der Waals surface area contributed by atoms with Gasteiger partial charge in [0, 0.05) is 48.7 Å². The lowest BCUT2D eigenvalue weighted by molar-refractivity contribution is 0.600. The molecule has 0 saturated carbocycles. The molecule has 5 heterocycles. The molecule has 5 rings (SSSR count). The van der Waals surface area contributed by atoms with E-state index in [4.69, 9.17) is 9.97 Å². The van der Waals surface area contributed by atoms with E-state index in [0.717, 1.165) is 45.8 Å². The van der Waals surface area contributed by atoms with Crippen LogP contribution in [0.4, 0.5) is 0 Å². The highest BCUT2D eigenvalue weighted by atomic mass is 15.1. The molecule has 2 N–H and O–H groups in total. The van der Waals surface area contributed by atoms with Crippen LogP contribution >= 0.6 is 0 Å². The number of imidazole rings is 2. The van der Waals surface area contributed by atoms with Crippen LogP contribution in [0.2, 0.25) is 0 Å². The fourth-order valence-corrected chi connectivity index (χ4v) is 4.09. The molecule has 8 bridgehead atoms. The van der Waals surface area contributed by atoms with Gasteiger partial charge in [0.2, 0.25) is 0 Å². The predicted octanol–water partition coefficient (Wildman–Crippen LogP) is 4.11. The van der Waals surface area contributed by atoms with E-state index in [-0.39, 0.29) is 10.8 Å². The van der Waals surface area contributed by atoms with Gasteiger partial charge in [-0.2, -0.15) is 0 Å². The molecule has 6 nitrogen and oxygen atoms in total. The number of fused-ring (bicyclic) bond motifs is 10. The summed E-state index contributed by atoms with van der Waals surface area (Å²) in [4.78, 5) is 17.2. The monoisotopic (exact) mass is 374 g/mol. The first-order valence-electron chi connectivity index (χ1n) is 9.65. The van der Waals surface area contributed by atoms with E-state index in [1.165, 1.54) is 0 Å². The summed E-state index contributed by atoms with van der Waals surface area (Å²) in [6.07, 6.45) is 4.25. The van der Waals surface area contributed by atoms with Crippen LogP contribution in [0.15, 0.2) is 36.7 Å². The lowest BCUT2D eigenvalue weighted by Crippen LogP contribution is -2.20. The minimum Gasteiger partial charge on any atom is -0.355 e. The molecule has 0 aliphatic carbocycles. The summed E-state index contributed by atoms with van der Waals surface area (Å²) in [6.45, 7) is 8.81. The van der Waals surface area contributed by atoms with Crippen LogP contribution in [0, 0.1) is 0 Å². The molecule has 28 heavy (non-hydrogen) atoms. The Morgan fingerprint density at radius 2 is 1.07 bits per heavy atom. The second kappa shape index (κ2) is 5.28. The van der Waals surface area contributed by atoms with Crippen molar-refractivity contribution in [1.29, 1.82) is 0 Å². The van der Waals surface area contributed by atoms with Gasteiger partial charge < -0.3 is 19.1 Å². The summed E-state index contributed by atoms with van der Waals surface area (Å²) < 4.78 is 4.20. The minimum atomic E-state index is -0.249. The Balaban J connectivity index is 1.83. The smallest absolute Gasteiger partial charge is 0.156 e. The van der Waals surface area contributed by atoms with Crippen LogP contribution in [0.25, 0.3) is 23.0 Å². The van der Waals surface area contributed by atoms with E-state index in [1.807, 2.05) is 0 Å². The maximum absolute atomic E-state index is 5.00. The molecule has 4 aromatic heterocycles. The van der Waals surface area contributed by atoms with E-state index in [9.17, 15) is 0 Å². The van der Waals surface area contributed by atoms with Gasteiger partial charge in [0.25, 0.3) is 0 Å². The number of aromatic amines is 2. The third-order valence-electron chi connectivity index (χ3n) is 6.23. The Bertz CT molecular complexity index is 1100. The normalized spacial score (nSPS) is 16.8. The third kappa shape index (κ3) is 2.20. The van der Waals surface area contributed by atoms with Gasteiger partial charge >= 0.3 is 0 Å². The van der Waals surface area contributed by atoms with Gasteiger partial charge in [-0.1, -0.05) is 0 Å². The van der Waals surface area contributed by atoms with Crippen LogP contribution in [-0.4, -0.2) is 29.1 Å². The van der Waals surface area contributed by atoms with E-state index in [0.29, 0.717) is 0 Å². The van der Waals surface area contributed by atoms with E-state index in [1.54, 1.807) is 0 Å². The lowest BCUT2D eigenvalue weighted by atomic mass is 9.86. The Morgan fingerprint density at radius 3 is 1.46 bits per heavy atom. The van der Waals surface area contributed by atoms with E-state index < -0.39 is 0 Å². The highest BCUT2D eigenvalue weighted by Gasteiger charge is 2.32. The number of nitrogens with zero attached hydrogens (tertiary/aromatic N) is 4. The van der Waals surface area contributed by atoms with Gasteiger partial charge in [0.1, 0.15) is 0 Å². The Hall–Kier alpha value is -3.02. The topological polar surface area (TPSA) is 67.2 Å². The second-order valence-electron chi connectivity index (χ2n) is 8.94. The molecular weight excluding hydrogens is 348 g/mol. The Morgan fingerprint density at radius 1 is 0.679 bits per heavy atom.